The lowest BCUT2D eigenvalue weighted by atomic mass is 9.96. The molecule has 6 nitrogen and oxygen atoms in total. The maximum atomic E-state index is 12.0. The van der Waals surface area contributed by atoms with Gasteiger partial charge in [0.15, 0.2) is 23.3 Å². The number of hydrogen-bond acceptors (Lipinski definition) is 5. The third-order valence-corrected chi connectivity index (χ3v) is 3.12. The van der Waals surface area contributed by atoms with Gasteiger partial charge in [-0.2, -0.15) is 5.10 Å². The summed E-state index contributed by atoms with van der Waals surface area (Å²) >= 11 is 0. The van der Waals surface area contributed by atoms with Gasteiger partial charge in [0.25, 0.3) is 0 Å². The molecule has 0 aromatic carbocycles. The van der Waals surface area contributed by atoms with Crippen LogP contribution in [-0.2, 0) is 15.1 Å². The molecule has 0 aliphatic carbocycles. The zero-order valence-electron chi connectivity index (χ0n) is 10.8. The van der Waals surface area contributed by atoms with E-state index < -0.39 is 17.7 Å². The minimum Gasteiger partial charge on any atom is -0.453 e. The van der Waals surface area contributed by atoms with Crippen LogP contribution in [0, 0.1) is 0 Å². The van der Waals surface area contributed by atoms with Crippen molar-refractivity contribution in [3.8, 4) is 0 Å². The first-order chi connectivity index (χ1) is 8.40. The zero-order valence-corrected chi connectivity index (χ0v) is 10.8. The number of aliphatic hydroxyl groups excluding tert-OH is 1. The first-order valence-corrected chi connectivity index (χ1v) is 5.87. The van der Waals surface area contributed by atoms with Crippen molar-refractivity contribution < 1.29 is 14.6 Å². The van der Waals surface area contributed by atoms with Crippen LogP contribution in [0.2, 0.25) is 0 Å². The van der Waals surface area contributed by atoms with E-state index in [2.05, 4.69) is 16.7 Å². The smallest absolute Gasteiger partial charge is 0.334 e. The predicted octanol–water partition coefficient (Wildman–Crippen LogP) is 1.24. The van der Waals surface area contributed by atoms with Crippen LogP contribution in [0.5, 0.6) is 0 Å². The SMILES string of the molecule is C=CCC1(C)C(=O)OC(C)c2nc(C(C)O)nn21. The van der Waals surface area contributed by atoms with Gasteiger partial charge in [-0.15, -0.1) is 6.58 Å². The molecule has 6 heteroatoms. The van der Waals surface area contributed by atoms with Crippen LogP contribution in [-0.4, -0.2) is 25.8 Å². The fraction of sp³-hybridized carbons (Fsp3) is 0.583. The van der Waals surface area contributed by atoms with Gasteiger partial charge >= 0.3 is 5.97 Å². The molecule has 0 saturated heterocycles. The van der Waals surface area contributed by atoms with Crippen LogP contribution < -0.4 is 0 Å². The van der Waals surface area contributed by atoms with E-state index in [0.717, 1.165) is 0 Å². The molecule has 2 rings (SSSR count). The normalized spacial score (nSPS) is 28.4. The maximum Gasteiger partial charge on any atom is 0.334 e. The summed E-state index contributed by atoms with van der Waals surface area (Å²) in [7, 11) is 0. The highest BCUT2D eigenvalue weighted by Gasteiger charge is 2.45. The second kappa shape index (κ2) is 4.20. The number of carbonyl (C=O) groups excluding carboxylic acids is 1. The van der Waals surface area contributed by atoms with Crippen LogP contribution >= 0.6 is 0 Å². The van der Waals surface area contributed by atoms with Gasteiger partial charge in [-0.25, -0.2) is 14.5 Å². The Bertz CT molecular complexity index is 495. The van der Waals surface area contributed by atoms with Crippen molar-refractivity contribution in [1.29, 1.82) is 0 Å². The molecule has 3 atom stereocenters. The van der Waals surface area contributed by atoms with Crippen molar-refractivity contribution in [2.45, 2.75) is 44.9 Å². The number of fused-ring (bicyclic) bond motifs is 1. The number of aromatic nitrogens is 3. The van der Waals surface area contributed by atoms with Crippen LogP contribution in [0.1, 0.15) is 51.0 Å². The lowest BCUT2D eigenvalue weighted by Crippen LogP contribution is -2.46. The number of allylic oxidation sites excluding steroid dienone is 1. The topological polar surface area (TPSA) is 77.2 Å². The van der Waals surface area contributed by atoms with E-state index in [1.807, 2.05) is 0 Å². The fourth-order valence-electron chi connectivity index (χ4n) is 2.02. The summed E-state index contributed by atoms with van der Waals surface area (Å²) < 4.78 is 6.83. The molecular weight excluding hydrogens is 234 g/mol. The Balaban J connectivity index is 2.57. The van der Waals surface area contributed by atoms with Gasteiger partial charge in [0.05, 0.1) is 0 Å². The second-order valence-corrected chi connectivity index (χ2v) is 4.73. The molecule has 2 heterocycles. The van der Waals surface area contributed by atoms with E-state index >= 15 is 0 Å². The van der Waals surface area contributed by atoms with E-state index in [0.29, 0.717) is 18.1 Å². The molecule has 0 amide bonds. The molecule has 1 aromatic rings. The van der Waals surface area contributed by atoms with Crippen LogP contribution in [0.3, 0.4) is 0 Å². The molecular formula is C12H17N3O3. The number of esters is 1. The molecule has 0 spiro atoms. The summed E-state index contributed by atoms with van der Waals surface area (Å²) in [5.74, 6) is 0.490. The first kappa shape index (κ1) is 12.8. The summed E-state index contributed by atoms with van der Waals surface area (Å²) in [5, 5.41) is 13.8. The van der Waals surface area contributed by atoms with Crippen LogP contribution in [0.25, 0.3) is 0 Å². The summed E-state index contributed by atoms with van der Waals surface area (Å²) in [5.41, 5.74) is -0.941. The van der Waals surface area contributed by atoms with Gasteiger partial charge in [-0.3, -0.25) is 0 Å². The van der Waals surface area contributed by atoms with E-state index in [1.54, 1.807) is 31.5 Å². The molecule has 0 saturated carbocycles. The number of hydrogen-bond donors (Lipinski definition) is 1. The van der Waals surface area contributed by atoms with Gasteiger partial charge in [0.1, 0.15) is 6.10 Å². The third kappa shape index (κ3) is 1.73. The highest BCUT2D eigenvalue weighted by Crippen LogP contribution is 2.34. The van der Waals surface area contributed by atoms with Crippen molar-refractivity contribution in [2.24, 2.45) is 0 Å². The van der Waals surface area contributed by atoms with E-state index in [9.17, 15) is 9.90 Å². The Kier molecular flexibility index (Phi) is 2.98. The van der Waals surface area contributed by atoms with E-state index in [-0.39, 0.29) is 5.97 Å². The van der Waals surface area contributed by atoms with E-state index in [4.69, 9.17) is 4.74 Å². The monoisotopic (exact) mass is 251 g/mol. The van der Waals surface area contributed by atoms with Crippen molar-refractivity contribution in [1.82, 2.24) is 14.8 Å². The maximum absolute atomic E-state index is 12.0. The predicted molar refractivity (Wildman–Crippen MR) is 63.6 cm³/mol. The molecule has 1 aromatic heterocycles. The third-order valence-electron chi connectivity index (χ3n) is 3.12. The van der Waals surface area contributed by atoms with Gasteiger partial charge < -0.3 is 9.84 Å². The minimum atomic E-state index is -0.941. The Labute approximate surface area is 105 Å². The van der Waals surface area contributed by atoms with Gasteiger partial charge in [0, 0.05) is 6.42 Å². The van der Waals surface area contributed by atoms with E-state index in [1.165, 1.54) is 0 Å². The number of carbonyl (C=O) groups is 1. The van der Waals surface area contributed by atoms with Crippen molar-refractivity contribution >= 4 is 5.97 Å². The lowest BCUT2D eigenvalue weighted by molar-refractivity contribution is -0.165. The molecule has 0 fully saturated rings. The van der Waals surface area contributed by atoms with Gasteiger partial charge in [0.2, 0.25) is 0 Å². The molecule has 0 radical (unpaired) electrons. The Morgan fingerprint density at radius 2 is 2.39 bits per heavy atom. The highest BCUT2D eigenvalue weighted by molar-refractivity contribution is 5.79. The first-order valence-electron chi connectivity index (χ1n) is 5.87. The molecule has 1 aliphatic rings. The highest BCUT2D eigenvalue weighted by atomic mass is 16.5. The molecule has 98 valence electrons. The summed E-state index contributed by atoms with van der Waals surface area (Å²) in [6.45, 7) is 8.70. The number of cyclic esters (lactones) is 1. The largest absolute Gasteiger partial charge is 0.453 e. The molecule has 1 aliphatic heterocycles. The van der Waals surface area contributed by atoms with Gasteiger partial charge in [-0.05, 0) is 20.8 Å². The summed E-state index contributed by atoms with van der Waals surface area (Å²) in [6.07, 6.45) is 0.799. The lowest BCUT2D eigenvalue weighted by Gasteiger charge is -2.34. The molecule has 18 heavy (non-hydrogen) atoms. The average Bonchev–Trinajstić information content (AvgIpc) is 2.73. The number of aliphatic hydroxyl groups is 1. The number of ether oxygens (including phenoxy) is 1. The Hall–Kier alpha value is -1.69. The van der Waals surface area contributed by atoms with Crippen molar-refractivity contribution in [3.63, 3.8) is 0 Å². The number of rotatable bonds is 3. The fourth-order valence-corrected chi connectivity index (χ4v) is 2.02. The van der Waals surface area contributed by atoms with Crippen LogP contribution in [0.4, 0.5) is 0 Å². The Morgan fingerprint density at radius 3 is 2.94 bits per heavy atom. The van der Waals surface area contributed by atoms with Crippen molar-refractivity contribution in [3.05, 3.63) is 24.3 Å². The zero-order chi connectivity index (χ0) is 13.5. The molecule has 1 N–H and O–H groups in total. The van der Waals surface area contributed by atoms with Crippen molar-refractivity contribution in [2.75, 3.05) is 0 Å². The minimum absolute atomic E-state index is 0.297. The van der Waals surface area contributed by atoms with Crippen LogP contribution in [0.15, 0.2) is 12.7 Å². The summed E-state index contributed by atoms with van der Waals surface area (Å²) in [6, 6.07) is 0. The average molecular weight is 251 g/mol. The quantitative estimate of drug-likeness (QED) is 0.646. The Morgan fingerprint density at radius 1 is 1.72 bits per heavy atom. The van der Waals surface area contributed by atoms with Gasteiger partial charge in [-0.1, -0.05) is 6.08 Å². The number of nitrogens with zero attached hydrogens (tertiary/aromatic N) is 3. The standard InChI is InChI=1S/C12H17N3O3/c1-5-6-12(4)11(17)18-8(3)10-13-9(7(2)16)14-15(10)12/h5,7-8,16H,1,6H2,2-4H3. The second-order valence-electron chi connectivity index (χ2n) is 4.73. The summed E-state index contributed by atoms with van der Waals surface area (Å²) in [4.78, 5) is 16.3. The molecule has 0 bridgehead atoms. The molecule has 3 unspecified atom stereocenters.